The third kappa shape index (κ3) is 2.41. The molecule has 0 aliphatic carbocycles. The van der Waals surface area contributed by atoms with Crippen LogP contribution in [0.25, 0.3) is 11.2 Å². The van der Waals surface area contributed by atoms with Gasteiger partial charge in [0.05, 0.1) is 5.88 Å². The fraction of sp³-hybridized carbons (Fsp3) is 0.538. The Hall–Kier alpha value is -0.610. The van der Waals surface area contributed by atoms with E-state index < -0.39 is 0 Å². The lowest BCUT2D eigenvalue weighted by Gasteiger charge is -2.23. The van der Waals surface area contributed by atoms with Gasteiger partial charge in [0, 0.05) is 16.7 Å². The summed E-state index contributed by atoms with van der Waals surface area (Å²) in [5.41, 5.74) is 1.83. The molecule has 0 N–H and O–H groups in total. The molecule has 0 amide bonds. The van der Waals surface area contributed by atoms with Crippen LogP contribution in [0.15, 0.2) is 16.7 Å². The van der Waals surface area contributed by atoms with Gasteiger partial charge in [-0.1, -0.05) is 20.8 Å². The molecule has 0 aliphatic rings. The summed E-state index contributed by atoms with van der Waals surface area (Å²) in [4.78, 5) is 9.08. The third-order valence-electron chi connectivity index (χ3n) is 3.21. The maximum Gasteiger partial charge on any atom is 0.160 e. The van der Waals surface area contributed by atoms with Gasteiger partial charge in [-0.25, -0.2) is 9.97 Å². The average Bonchev–Trinajstić information content (AvgIpc) is 2.67. The number of halogens is 2. The molecule has 0 spiro atoms. The number of fused-ring (bicyclic) bond motifs is 1. The van der Waals surface area contributed by atoms with E-state index in [2.05, 4.69) is 51.2 Å². The Bertz CT molecular complexity index is 550. The first-order valence-corrected chi connectivity index (χ1v) is 7.49. The van der Waals surface area contributed by atoms with Crippen LogP contribution in [0.2, 0.25) is 0 Å². The minimum atomic E-state index is 0.387. The molecular formula is C13H17BrClN3. The molecule has 2 aromatic rings. The normalized spacial score (nSPS) is 13.4. The topological polar surface area (TPSA) is 30.7 Å². The summed E-state index contributed by atoms with van der Waals surface area (Å²) >= 11 is 9.45. The summed E-state index contributed by atoms with van der Waals surface area (Å²) in [6.45, 7) is 6.63. The molecule has 1 unspecified atom stereocenters. The van der Waals surface area contributed by atoms with E-state index in [9.17, 15) is 0 Å². The van der Waals surface area contributed by atoms with Gasteiger partial charge in [0.15, 0.2) is 5.65 Å². The molecule has 98 valence electrons. The molecule has 0 bridgehead atoms. The van der Waals surface area contributed by atoms with E-state index in [1.54, 1.807) is 0 Å². The lowest BCUT2D eigenvalue weighted by Crippen LogP contribution is -2.17. The van der Waals surface area contributed by atoms with Crippen LogP contribution in [0.5, 0.6) is 0 Å². The molecule has 18 heavy (non-hydrogen) atoms. The van der Waals surface area contributed by atoms with Crippen molar-refractivity contribution in [1.82, 2.24) is 14.5 Å². The Balaban J connectivity index is 2.66. The van der Waals surface area contributed by atoms with E-state index in [1.807, 2.05) is 12.3 Å². The van der Waals surface area contributed by atoms with Gasteiger partial charge in [-0.2, -0.15) is 0 Å². The van der Waals surface area contributed by atoms with Crippen molar-refractivity contribution >= 4 is 38.7 Å². The lowest BCUT2D eigenvalue weighted by atomic mass is 10.0. The van der Waals surface area contributed by atoms with Gasteiger partial charge < -0.3 is 4.57 Å². The molecular weight excluding hydrogens is 314 g/mol. The maximum atomic E-state index is 6.03. The van der Waals surface area contributed by atoms with Crippen LogP contribution in [-0.4, -0.2) is 14.5 Å². The second kappa shape index (κ2) is 5.57. The molecule has 0 fully saturated rings. The highest BCUT2D eigenvalue weighted by Gasteiger charge is 2.21. The number of hydrogen-bond acceptors (Lipinski definition) is 2. The first-order valence-electron chi connectivity index (χ1n) is 6.16. The van der Waals surface area contributed by atoms with E-state index in [0.29, 0.717) is 17.8 Å². The van der Waals surface area contributed by atoms with Gasteiger partial charge in [0.2, 0.25) is 0 Å². The van der Waals surface area contributed by atoms with E-state index in [-0.39, 0.29) is 0 Å². The van der Waals surface area contributed by atoms with Crippen molar-refractivity contribution in [3.8, 4) is 0 Å². The zero-order chi connectivity index (χ0) is 13.3. The summed E-state index contributed by atoms with van der Waals surface area (Å²) in [5, 5.41) is 0. The number of pyridine rings is 1. The van der Waals surface area contributed by atoms with Gasteiger partial charge >= 0.3 is 0 Å². The van der Waals surface area contributed by atoms with Crippen LogP contribution < -0.4 is 0 Å². The quantitative estimate of drug-likeness (QED) is 0.771. The Morgan fingerprint density at radius 1 is 1.44 bits per heavy atom. The minimum Gasteiger partial charge on any atom is -0.308 e. The monoisotopic (exact) mass is 329 g/mol. The predicted molar refractivity (Wildman–Crippen MR) is 79.0 cm³/mol. The molecule has 2 rings (SSSR count). The highest BCUT2D eigenvalue weighted by atomic mass is 79.9. The number of nitrogens with zero attached hydrogens (tertiary/aromatic N) is 3. The Morgan fingerprint density at radius 2 is 2.17 bits per heavy atom. The van der Waals surface area contributed by atoms with Crippen molar-refractivity contribution in [2.24, 2.45) is 5.92 Å². The largest absolute Gasteiger partial charge is 0.308 e. The summed E-state index contributed by atoms with van der Waals surface area (Å²) in [6.07, 6.45) is 2.86. The van der Waals surface area contributed by atoms with Crippen LogP contribution in [0, 0.1) is 5.92 Å². The van der Waals surface area contributed by atoms with Crippen LogP contribution in [0.3, 0.4) is 0 Å². The van der Waals surface area contributed by atoms with Gasteiger partial charge in [0.25, 0.3) is 0 Å². The number of alkyl halides is 1. The standard InChI is InChI=1S/C13H17BrClN3/c1-4-11(8(2)3)18-12(6-15)17-10-5-9(14)7-16-13(10)18/h5,7-8,11H,4,6H2,1-3H3. The molecule has 0 saturated carbocycles. The van der Waals surface area contributed by atoms with Crippen LogP contribution in [0.1, 0.15) is 39.1 Å². The smallest absolute Gasteiger partial charge is 0.160 e. The van der Waals surface area contributed by atoms with Crippen LogP contribution in [-0.2, 0) is 5.88 Å². The molecule has 0 aliphatic heterocycles. The second-order valence-electron chi connectivity index (χ2n) is 4.75. The maximum absolute atomic E-state index is 6.03. The third-order valence-corrected chi connectivity index (χ3v) is 3.88. The summed E-state index contributed by atoms with van der Waals surface area (Å²) in [5.74, 6) is 1.84. The van der Waals surface area contributed by atoms with Crippen molar-refractivity contribution in [3.05, 3.63) is 22.6 Å². The molecule has 2 aromatic heterocycles. The van der Waals surface area contributed by atoms with Crippen molar-refractivity contribution in [2.75, 3.05) is 0 Å². The van der Waals surface area contributed by atoms with E-state index in [0.717, 1.165) is 27.9 Å². The number of rotatable bonds is 4. The second-order valence-corrected chi connectivity index (χ2v) is 5.93. The van der Waals surface area contributed by atoms with Crippen LogP contribution >= 0.6 is 27.5 Å². The van der Waals surface area contributed by atoms with Gasteiger partial charge in [0.1, 0.15) is 11.3 Å². The highest BCUT2D eigenvalue weighted by Crippen LogP contribution is 2.29. The van der Waals surface area contributed by atoms with E-state index >= 15 is 0 Å². The Kier molecular flexibility index (Phi) is 4.28. The molecule has 2 heterocycles. The SMILES string of the molecule is CCC(C(C)C)n1c(CCl)nc2cc(Br)cnc21. The molecule has 5 heteroatoms. The Morgan fingerprint density at radius 3 is 2.72 bits per heavy atom. The number of hydrogen-bond donors (Lipinski definition) is 0. The summed E-state index contributed by atoms with van der Waals surface area (Å²) in [6, 6.07) is 2.37. The van der Waals surface area contributed by atoms with Crippen molar-refractivity contribution in [2.45, 2.75) is 39.1 Å². The van der Waals surface area contributed by atoms with Crippen molar-refractivity contribution in [3.63, 3.8) is 0 Å². The summed E-state index contributed by atoms with van der Waals surface area (Å²) < 4.78 is 3.14. The Labute approximate surface area is 121 Å². The first-order chi connectivity index (χ1) is 8.58. The summed E-state index contributed by atoms with van der Waals surface area (Å²) in [7, 11) is 0. The van der Waals surface area contributed by atoms with Crippen molar-refractivity contribution < 1.29 is 0 Å². The van der Waals surface area contributed by atoms with E-state index in [4.69, 9.17) is 11.6 Å². The molecule has 0 radical (unpaired) electrons. The molecule has 0 saturated heterocycles. The zero-order valence-corrected chi connectivity index (χ0v) is 13.2. The fourth-order valence-corrected chi connectivity index (χ4v) is 2.91. The fourth-order valence-electron chi connectivity index (χ4n) is 2.40. The highest BCUT2D eigenvalue weighted by molar-refractivity contribution is 9.10. The zero-order valence-electron chi connectivity index (χ0n) is 10.8. The van der Waals surface area contributed by atoms with Gasteiger partial charge in [-0.05, 0) is 34.3 Å². The molecule has 1 atom stereocenters. The van der Waals surface area contributed by atoms with Gasteiger partial charge in [-0.3, -0.25) is 0 Å². The van der Waals surface area contributed by atoms with Crippen LogP contribution in [0.4, 0.5) is 0 Å². The number of imidazole rings is 1. The molecule has 3 nitrogen and oxygen atoms in total. The molecule has 0 aromatic carbocycles. The average molecular weight is 331 g/mol. The number of aromatic nitrogens is 3. The predicted octanol–water partition coefficient (Wildman–Crippen LogP) is 4.54. The van der Waals surface area contributed by atoms with Crippen molar-refractivity contribution in [1.29, 1.82) is 0 Å². The minimum absolute atomic E-state index is 0.387. The lowest BCUT2D eigenvalue weighted by molar-refractivity contribution is 0.365. The van der Waals surface area contributed by atoms with Gasteiger partial charge in [-0.15, -0.1) is 11.6 Å². The first kappa shape index (κ1) is 13.8. The van der Waals surface area contributed by atoms with E-state index in [1.165, 1.54) is 0 Å².